The van der Waals surface area contributed by atoms with Crippen LogP contribution in [0, 0.1) is 0 Å². The highest BCUT2D eigenvalue weighted by Gasteiger charge is 2.33. The molecule has 0 aromatic heterocycles. The lowest BCUT2D eigenvalue weighted by atomic mass is 9.91. The second-order valence-corrected chi connectivity index (χ2v) is 6.61. The van der Waals surface area contributed by atoms with Gasteiger partial charge in [0.15, 0.2) is 0 Å². The molecule has 2 heterocycles. The van der Waals surface area contributed by atoms with Crippen LogP contribution in [0.4, 0.5) is 0 Å². The first kappa shape index (κ1) is 14.7. The molecular formula is C18H24N4O. The van der Waals surface area contributed by atoms with Crippen LogP contribution in [0.2, 0.25) is 0 Å². The summed E-state index contributed by atoms with van der Waals surface area (Å²) in [4.78, 5) is 24.1. The van der Waals surface area contributed by atoms with Gasteiger partial charge in [-0.05, 0) is 25.0 Å². The molecule has 122 valence electrons. The SMILES string of the molecule is O=C(c1ccccc1)N1CCN=C1N1CCN(C2CCC2)CC1. The van der Waals surface area contributed by atoms with E-state index in [4.69, 9.17) is 0 Å². The number of guanidine groups is 1. The molecule has 0 radical (unpaired) electrons. The van der Waals surface area contributed by atoms with Crippen molar-refractivity contribution in [2.75, 3.05) is 39.3 Å². The van der Waals surface area contributed by atoms with Gasteiger partial charge in [-0.25, -0.2) is 0 Å². The lowest BCUT2D eigenvalue weighted by molar-refractivity contribution is 0.0745. The molecule has 0 unspecified atom stereocenters. The van der Waals surface area contributed by atoms with Gasteiger partial charge in [-0.3, -0.25) is 19.6 Å². The zero-order valence-electron chi connectivity index (χ0n) is 13.5. The van der Waals surface area contributed by atoms with Gasteiger partial charge >= 0.3 is 0 Å². The van der Waals surface area contributed by atoms with E-state index in [1.165, 1.54) is 19.3 Å². The number of aliphatic imine (C=N–C) groups is 1. The molecule has 4 rings (SSSR count). The van der Waals surface area contributed by atoms with Crippen LogP contribution in [0.3, 0.4) is 0 Å². The topological polar surface area (TPSA) is 39.2 Å². The van der Waals surface area contributed by atoms with Crippen molar-refractivity contribution in [3.63, 3.8) is 0 Å². The molecule has 2 fully saturated rings. The second-order valence-electron chi connectivity index (χ2n) is 6.61. The Bertz CT molecular complexity index is 588. The van der Waals surface area contributed by atoms with Crippen molar-refractivity contribution in [1.82, 2.24) is 14.7 Å². The first-order valence-corrected chi connectivity index (χ1v) is 8.73. The number of hydrogen-bond donors (Lipinski definition) is 0. The molecule has 5 heteroatoms. The summed E-state index contributed by atoms with van der Waals surface area (Å²) in [6, 6.07) is 10.3. The Morgan fingerprint density at radius 1 is 1.00 bits per heavy atom. The van der Waals surface area contributed by atoms with Gasteiger partial charge in [0, 0.05) is 44.3 Å². The third-order valence-corrected chi connectivity index (χ3v) is 5.27. The summed E-state index contributed by atoms with van der Waals surface area (Å²) in [5.41, 5.74) is 0.746. The van der Waals surface area contributed by atoms with E-state index in [9.17, 15) is 4.79 Å². The van der Waals surface area contributed by atoms with Gasteiger partial charge in [-0.15, -0.1) is 0 Å². The fraction of sp³-hybridized carbons (Fsp3) is 0.556. The highest BCUT2D eigenvalue weighted by Crippen LogP contribution is 2.26. The van der Waals surface area contributed by atoms with E-state index < -0.39 is 0 Å². The van der Waals surface area contributed by atoms with Crippen LogP contribution < -0.4 is 0 Å². The van der Waals surface area contributed by atoms with E-state index in [1.807, 2.05) is 35.2 Å². The van der Waals surface area contributed by atoms with Crippen LogP contribution in [0.15, 0.2) is 35.3 Å². The summed E-state index contributed by atoms with van der Waals surface area (Å²) >= 11 is 0. The number of piperazine rings is 1. The van der Waals surface area contributed by atoms with Crippen molar-refractivity contribution in [1.29, 1.82) is 0 Å². The molecule has 1 amide bonds. The van der Waals surface area contributed by atoms with E-state index >= 15 is 0 Å². The van der Waals surface area contributed by atoms with Gasteiger partial charge in [-0.1, -0.05) is 24.6 Å². The highest BCUT2D eigenvalue weighted by molar-refractivity contribution is 6.06. The first-order valence-electron chi connectivity index (χ1n) is 8.73. The largest absolute Gasteiger partial charge is 0.340 e. The van der Waals surface area contributed by atoms with Gasteiger partial charge < -0.3 is 4.90 Å². The van der Waals surface area contributed by atoms with E-state index in [1.54, 1.807) is 0 Å². The predicted molar refractivity (Wildman–Crippen MR) is 90.6 cm³/mol. The maximum Gasteiger partial charge on any atom is 0.260 e. The van der Waals surface area contributed by atoms with Crippen molar-refractivity contribution in [3.8, 4) is 0 Å². The van der Waals surface area contributed by atoms with Gasteiger partial charge in [0.2, 0.25) is 5.96 Å². The lowest BCUT2D eigenvalue weighted by Gasteiger charge is -2.44. The first-order chi connectivity index (χ1) is 11.3. The van der Waals surface area contributed by atoms with Crippen molar-refractivity contribution < 1.29 is 4.79 Å². The lowest BCUT2D eigenvalue weighted by Crippen LogP contribution is -2.56. The summed E-state index contributed by atoms with van der Waals surface area (Å²) in [6.07, 6.45) is 4.11. The summed E-state index contributed by atoms with van der Waals surface area (Å²) < 4.78 is 0. The van der Waals surface area contributed by atoms with Crippen LogP contribution in [0.25, 0.3) is 0 Å². The number of hydrogen-bond acceptors (Lipinski definition) is 4. The van der Waals surface area contributed by atoms with Crippen molar-refractivity contribution in [2.24, 2.45) is 4.99 Å². The number of nitrogens with zero attached hydrogens (tertiary/aromatic N) is 4. The van der Waals surface area contributed by atoms with Crippen LogP contribution in [0.5, 0.6) is 0 Å². The number of carbonyl (C=O) groups excluding carboxylic acids is 1. The fourth-order valence-electron chi connectivity index (χ4n) is 3.67. The molecule has 2 aliphatic heterocycles. The van der Waals surface area contributed by atoms with Crippen LogP contribution in [-0.2, 0) is 0 Å². The summed E-state index contributed by atoms with van der Waals surface area (Å²) in [6.45, 7) is 5.57. The minimum absolute atomic E-state index is 0.0725. The Hall–Kier alpha value is -1.88. The molecule has 0 N–H and O–H groups in total. The van der Waals surface area contributed by atoms with Crippen LogP contribution in [0.1, 0.15) is 29.6 Å². The quantitative estimate of drug-likeness (QED) is 0.834. The third kappa shape index (κ3) is 2.85. The molecule has 0 bridgehead atoms. The monoisotopic (exact) mass is 312 g/mol. The van der Waals surface area contributed by atoms with E-state index in [0.29, 0.717) is 6.54 Å². The summed E-state index contributed by atoms with van der Waals surface area (Å²) in [7, 11) is 0. The molecule has 1 aromatic carbocycles. The molecule has 23 heavy (non-hydrogen) atoms. The normalized spacial score (nSPS) is 22.9. The molecule has 1 saturated carbocycles. The zero-order valence-corrected chi connectivity index (χ0v) is 13.5. The zero-order chi connectivity index (χ0) is 15.6. The molecule has 1 aromatic rings. The standard InChI is InChI=1S/C18H24N4O/c23-17(15-5-2-1-3-6-15)22-10-9-19-18(22)21-13-11-20(12-14-21)16-7-4-8-16/h1-3,5-6,16H,4,7-14H2. The van der Waals surface area contributed by atoms with E-state index in [2.05, 4.69) is 14.8 Å². The van der Waals surface area contributed by atoms with Gasteiger partial charge in [0.05, 0.1) is 6.54 Å². The average Bonchev–Trinajstić information content (AvgIpc) is 3.04. The Balaban J connectivity index is 1.41. The Morgan fingerprint density at radius 2 is 1.74 bits per heavy atom. The highest BCUT2D eigenvalue weighted by atomic mass is 16.2. The van der Waals surface area contributed by atoms with Gasteiger partial charge in [0.1, 0.15) is 0 Å². The molecule has 0 atom stereocenters. The molecule has 1 aliphatic carbocycles. The Morgan fingerprint density at radius 3 is 2.39 bits per heavy atom. The molecule has 1 saturated heterocycles. The van der Waals surface area contributed by atoms with Crippen molar-refractivity contribution in [3.05, 3.63) is 35.9 Å². The molecule has 3 aliphatic rings. The van der Waals surface area contributed by atoms with Crippen LogP contribution >= 0.6 is 0 Å². The number of benzene rings is 1. The summed E-state index contributed by atoms with van der Waals surface area (Å²) in [5.74, 6) is 0.954. The minimum Gasteiger partial charge on any atom is -0.340 e. The summed E-state index contributed by atoms with van der Waals surface area (Å²) in [5, 5.41) is 0. The maximum absolute atomic E-state index is 12.7. The minimum atomic E-state index is 0.0725. The number of carbonyl (C=O) groups is 1. The number of amides is 1. The predicted octanol–water partition coefficient (Wildman–Crippen LogP) is 1.67. The van der Waals surface area contributed by atoms with Gasteiger partial charge in [0.25, 0.3) is 5.91 Å². The molecular weight excluding hydrogens is 288 g/mol. The van der Waals surface area contributed by atoms with E-state index in [-0.39, 0.29) is 5.91 Å². The van der Waals surface area contributed by atoms with E-state index in [0.717, 1.165) is 50.3 Å². The fourth-order valence-corrected chi connectivity index (χ4v) is 3.67. The Kier molecular flexibility index (Phi) is 4.04. The average molecular weight is 312 g/mol. The third-order valence-electron chi connectivity index (χ3n) is 5.27. The molecule has 0 spiro atoms. The second kappa shape index (κ2) is 6.32. The van der Waals surface area contributed by atoms with Gasteiger partial charge in [-0.2, -0.15) is 0 Å². The number of rotatable bonds is 2. The van der Waals surface area contributed by atoms with Crippen LogP contribution in [-0.4, -0.2) is 71.9 Å². The Labute approximate surface area is 137 Å². The molecule has 5 nitrogen and oxygen atoms in total. The smallest absolute Gasteiger partial charge is 0.260 e. The van der Waals surface area contributed by atoms with Crippen molar-refractivity contribution >= 4 is 11.9 Å². The maximum atomic E-state index is 12.7. The van der Waals surface area contributed by atoms with Crippen molar-refractivity contribution in [2.45, 2.75) is 25.3 Å².